The number of hydrogen-bond donors (Lipinski definition) is 1. The smallest absolute Gasteiger partial charge is 0.246 e. The second kappa shape index (κ2) is 9.53. The number of likely N-dealkylation sites (tertiary alicyclic amines) is 1. The maximum atomic E-state index is 12.5. The third-order valence-electron chi connectivity index (χ3n) is 6.78. The SMILES string of the molecule is O=C(/C=C/c1ccc(C2c3ccc(O)cc3CCN2c2ccccc2)cc1)N1CCCCC1. The van der Waals surface area contributed by atoms with Gasteiger partial charge < -0.3 is 14.9 Å². The predicted octanol–water partition coefficient (Wildman–Crippen LogP) is 5.57. The van der Waals surface area contributed by atoms with Gasteiger partial charge in [-0.1, -0.05) is 48.5 Å². The summed E-state index contributed by atoms with van der Waals surface area (Å²) in [6, 6.07) is 24.8. The van der Waals surface area contributed by atoms with Crippen LogP contribution in [-0.4, -0.2) is 35.5 Å². The Morgan fingerprint density at radius 2 is 1.64 bits per heavy atom. The van der Waals surface area contributed by atoms with E-state index in [1.807, 2.05) is 23.1 Å². The first-order chi connectivity index (χ1) is 16.2. The number of carbonyl (C=O) groups excluding carboxylic acids is 1. The van der Waals surface area contributed by atoms with Gasteiger partial charge >= 0.3 is 0 Å². The first-order valence-electron chi connectivity index (χ1n) is 11.9. The highest BCUT2D eigenvalue weighted by atomic mass is 16.3. The van der Waals surface area contributed by atoms with E-state index in [4.69, 9.17) is 0 Å². The minimum absolute atomic E-state index is 0.0739. The molecule has 0 aromatic heterocycles. The van der Waals surface area contributed by atoms with Crippen LogP contribution in [-0.2, 0) is 11.2 Å². The molecule has 33 heavy (non-hydrogen) atoms. The molecule has 0 bridgehead atoms. The number of aromatic hydroxyl groups is 1. The molecular weight excluding hydrogens is 408 g/mol. The third-order valence-corrected chi connectivity index (χ3v) is 6.78. The number of para-hydroxylation sites is 1. The average Bonchev–Trinajstić information content (AvgIpc) is 2.88. The van der Waals surface area contributed by atoms with Crippen LogP contribution in [0.1, 0.15) is 47.6 Å². The normalized spacial score (nSPS) is 18.4. The zero-order valence-electron chi connectivity index (χ0n) is 18.9. The molecule has 4 heteroatoms. The van der Waals surface area contributed by atoms with E-state index in [9.17, 15) is 9.90 Å². The minimum Gasteiger partial charge on any atom is -0.508 e. The van der Waals surface area contributed by atoms with Crippen LogP contribution >= 0.6 is 0 Å². The quantitative estimate of drug-likeness (QED) is 0.542. The number of phenols is 1. The summed E-state index contributed by atoms with van der Waals surface area (Å²) in [5, 5.41) is 10.0. The molecule has 2 aliphatic heterocycles. The van der Waals surface area contributed by atoms with Crippen molar-refractivity contribution < 1.29 is 9.90 Å². The van der Waals surface area contributed by atoms with Crippen molar-refractivity contribution in [3.8, 4) is 5.75 Å². The summed E-state index contributed by atoms with van der Waals surface area (Å²) in [4.78, 5) is 16.8. The Morgan fingerprint density at radius 3 is 2.39 bits per heavy atom. The average molecular weight is 439 g/mol. The Labute approximate surface area is 195 Å². The van der Waals surface area contributed by atoms with Crippen LogP contribution < -0.4 is 4.90 Å². The fourth-order valence-electron chi connectivity index (χ4n) is 5.05. The maximum Gasteiger partial charge on any atom is 0.246 e. The van der Waals surface area contributed by atoms with E-state index in [1.54, 1.807) is 12.1 Å². The fraction of sp³-hybridized carbons (Fsp3) is 0.276. The molecule has 0 radical (unpaired) electrons. The lowest BCUT2D eigenvalue weighted by molar-refractivity contribution is -0.126. The summed E-state index contributed by atoms with van der Waals surface area (Å²) in [6.07, 6.45) is 7.95. The van der Waals surface area contributed by atoms with Gasteiger partial charge in [-0.15, -0.1) is 0 Å². The van der Waals surface area contributed by atoms with Gasteiger partial charge in [0.2, 0.25) is 5.91 Å². The van der Waals surface area contributed by atoms with Gasteiger partial charge in [-0.25, -0.2) is 0 Å². The van der Waals surface area contributed by atoms with E-state index in [0.29, 0.717) is 5.75 Å². The number of phenolic OH excluding ortho intramolecular Hbond substituents is 1. The summed E-state index contributed by atoms with van der Waals surface area (Å²) in [5.74, 6) is 0.426. The molecule has 1 N–H and O–H groups in total. The molecular formula is C29H30N2O2. The Bertz CT molecular complexity index is 1130. The van der Waals surface area contributed by atoms with E-state index >= 15 is 0 Å². The van der Waals surface area contributed by atoms with Crippen molar-refractivity contribution in [2.24, 2.45) is 0 Å². The summed E-state index contributed by atoms with van der Waals surface area (Å²) >= 11 is 0. The number of nitrogens with zero attached hydrogens (tertiary/aromatic N) is 2. The van der Waals surface area contributed by atoms with E-state index in [-0.39, 0.29) is 11.9 Å². The zero-order chi connectivity index (χ0) is 22.6. The Kier molecular flexibility index (Phi) is 6.16. The van der Waals surface area contributed by atoms with Gasteiger partial charge in [-0.2, -0.15) is 0 Å². The molecule has 168 valence electrons. The van der Waals surface area contributed by atoms with Crippen molar-refractivity contribution in [2.45, 2.75) is 31.7 Å². The largest absolute Gasteiger partial charge is 0.508 e. The van der Waals surface area contributed by atoms with Gasteiger partial charge in [0.05, 0.1) is 6.04 Å². The zero-order valence-corrected chi connectivity index (χ0v) is 18.9. The van der Waals surface area contributed by atoms with E-state index in [1.165, 1.54) is 28.8 Å². The molecule has 0 spiro atoms. The lowest BCUT2D eigenvalue weighted by atomic mass is 9.87. The summed E-state index contributed by atoms with van der Waals surface area (Å²) in [6.45, 7) is 2.62. The standard InChI is InChI=1S/C29H30N2O2/c32-26-14-15-27-24(21-26)17-20-31(25-7-3-1-4-8-25)29(27)23-12-9-22(10-13-23)11-16-28(33)30-18-5-2-6-19-30/h1,3-4,7-16,21,29,32H,2,5-6,17-20H2/b16-11+. The van der Waals surface area contributed by atoms with E-state index < -0.39 is 0 Å². The molecule has 0 aliphatic carbocycles. The number of hydrogen-bond acceptors (Lipinski definition) is 3. The summed E-state index contributed by atoms with van der Waals surface area (Å²) < 4.78 is 0. The van der Waals surface area contributed by atoms with Crippen LogP contribution in [0.3, 0.4) is 0 Å². The highest BCUT2D eigenvalue weighted by Crippen LogP contribution is 2.39. The molecule has 1 fully saturated rings. The number of rotatable bonds is 4. The highest BCUT2D eigenvalue weighted by Gasteiger charge is 2.29. The first kappa shape index (κ1) is 21.3. The summed E-state index contributed by atoms with van der Waals surface area (Å²) in [5.41, 5.74) is 5.84. The molecule has 2 aliphatic rings. The van der Waals surface area contributed by atoms with E-state index in [0.717, 1.165) is 44.5 Å². The van der Waals surface area contributed by atoms with Crippen molar-refractivity contribution in [1.29, 1.82) is 0 Å². The molecule has 1 saturated heterocycles. The second-order valence-corrected chi connectivity index (χ2v) is 8.95. The molecule has 0 saturated carbocycles. The molecule has 1 unspecified atom stereocenters. The van der Waals surface area contributed by atoms with Crippen molar-refractivity contribution in [3.05, 3.63) is 101 Å². The highest BCUT2D eigenvalue weighted by molar-refractivity contribution is 5.91. The topological polar surface area (TPSA) is 43.8 Å². The van der Waals surface area contributed by atoms with Crippen LogP contribution in [0.4, 0.5) is 5.69 Å². The number of benzene rings is 3. The minimum atomic E-state index is 0.0739. The number of fused-ring (bicyclic) bond motifs is 1. The van der Waals surface area contributed by atoms with Crippen LogP contribution in [0.15, 0.2) is 78.9 Å². The van der Waals surface area contributed by atoms with Gasteiger partial charge in [0.15, 0.2) is 0 Å². The van der Waals surface area contributed by atoms with Crippen molar-refractivity contribution in [1.82, 2.24) is 4.90 Å². The molecule has 1 atom stereocenters. The van der Waals surface area contributed by atoms with Crippen molar-refractivity contribution >= 4 is 17.7 Å². The van der Waals surface area contributed by atoms with Gasteiger partial charge in [0, 0.05) is 31.4 Å². The molecule has 4 nitrogen and oxygen atoms in total. The first-order valence-corrected chi connectivity index (χ1v) is 11.9. The molecule has 3 aromatic carbocycles. The van der Waals surface area contributed by atoms with Gasteiger partial charge in [-0.3, -0.25) is 4.79 Å². The second-order valence-electron chi connectivity index (χ2n) is 8.95. The van der Waals surface area contributed by atoms with Crippen LogP contribution in [0.5, 0.6) is 5.75 Å². The third kappa shape index (κ3) is 4.65. The Hall–Kier alpha value is -3.53. The number of anilines is 1. The predicted molar refractivity (Wildman–Crippen MR) is 133 cm³/mol. The summed E-state index contributed by atoms with van der Waals surface area (Å²) in [7, 11) is 0. The number of carbonyl (C=O) groups is 1. The Balaban J connectivity index is 1.42. The van der Waals surface area contributed by atoms with Crippen LogP contribution in [0, 0.1) is 0 Å². The Morgan fingerprint density at radius 1 is 0.879 bits per heavy atom. The van der Waals surface area contributed by atoms with E-state index in [2.05, 4.69) is 59.5 Å². The van der Waals surface area contributed by atoms with Gasteiger partial charge in [-0.05, 0) is 78.3 Å². The maximum absolute atomic E-state index is 12.5. The molecule has 2 heterocycles. The van der Waals surface area contributed by atoms with Crippen molar-refractivity contribution in [2.75, 3.05) is 24.5 Å². The molecule has 1 amide bonds. The lowest BCUT2D eigenvalue weighted by Gasteiger charge is -2.39. The molecule has 5 rings (SSSR count). The number of piperidine rings is 1. The molecule has 3 aromatic rings. The van der Waals surface area contributed by atoms with Crippen LogP contribution in [0.2, 0.25) is 0 Å². The lowest BCUT2D eigenvalue weighted by Crippen LogP contribution is -2.36. The monoisotopic (exact) mass is 438 g/mol. The fourth-order valence-corrected chi connectivity index (χ4v) is 5.05. The van der Waals surface area contributed by atoms with Gasteiger partial charge in [0.1, 0.15) is 5.75 Å². The van der Waals surface area contributed by atoms with Gasteiger partial charge in [0.25, 0.3) is 0 Å². The van der Waals surface area contributed by atoms with Crippen molar-refractivity contribution in [3.63, 3.8) is 0 Å². The number of amides is 1. The van der Waals surface area contributed by atoms with Crippen LogP contribution in [0.25, 0.3) is 6.08 Å².